The summed E-state index contributed by atoms with van der Waals surface area (Å²) in [6.45, 7) is 11.9. The molecule has 2 nitrogen and oxygen atoms in total. The Morgan fingerprint density at radius 3 is 2.16 bits per heavy atom. The van der Waals surface area contributed by atoms with E-state index in [1.807, 2.05) is 12.1 Å². The van der Waals surface area contributed by atoms with Gasteiger partial charge < -0.3 is 0 Å². The summed E-state index contributed by atoms with van der Waals surface area (Å²) >= 11 is 6.25. The second kappa shape index (κ2) is 7.53. The number of hydrogen-bond donors (Lipinski definition) is 0. The predicted molar refractivity (Wildman–Crippen MR) is 81.1 cm³/mol. The maximum Gasteiger partial charge on any atom is 0.0992 e. The number of nitriles is 1. The van der Waals surface area contributed by atoms with E-state index in [9.17, 15) is 0 Å². The van der Waals surface area contributed by atoms with Gasteiger partial charge in [-0.2, -0.15) is 5.26 Å². The Morgan fingerprint density at radius 1 is 1.16 bits per heavy atom. The molecule has 0 spiro atoms. The summed E-state index contributed by atoms with van der Waals surface area (Å²) in [5, 5.41) is 9.54. The summed E-state index contributed by atoms with van der Waals surface area (Å²) in [6.07, 6.45) is 0. The Morgan fingerprint density at radius 2 is 1.74 bits per heavy atom. The van der Waals surface area contributed by atoms with E-state index in [4.69, 9.17) is 16.9 Å². The Hall–Kier alpha value is -1.04. The third kappa shape index (κ3) is 5.63. The predicted octanol–water partition coefficient (Wildman–Crippen LogP) is 4.33. The van der Waals surface area contributed by atoms with Crippen molar-refractivity contribution in [3.8, 4) is 6.07 Å². The fraction of sp³-hybridized carbons (Fsp3) is 0.562. The van der Waals surface area contributed by atoms with E-state index in [1.54, 1.807) is 6.07 Å². The van der Waals surface area contributed by atoms with Gasteiger partial charge in [-0.1, -0.05) is 45.4 Å². The summed E-state index contributed by atoms with van der Waals surface area (Å²) in [5.74, 6) is 1.27. The van der Waals surface area contributed by atoms with Gasteiger partial charge in [-0.3, -0.25) is 4.90 Å². The van der Waals surface area contributed by atoms with E-state index in [-0.39, 0.29) is 0 Å². The van der Waals surface area contributed by atoms with Gasteiger partial charge in [0.2, 0.25) is 0 Å². The first-order valence-electron chi connectivity index (χ1n) is 6.83. The van der Waals surface area contributed by atoms with Crippen molar-refractivity contribution in [1.29, 1.82) is 5.26 Å². The van der Waals surface area contributed by atoms with Crippen LogP contribution in [0.4, 0.5) is 0 Å². The molecule has 0 fully saturated rings. The van der Waals surface area contributed by atoms with Crippen LogP contribution in [-0.2, 0) is 6.54 Å². The van der Waals surface area contributed by atoms with Crippen LogP contribution in [0.2, 0.25) is 5.02 Å². The number of hydrogen-bond acceptors (Lipinski definition) is 2. The van der Waals surface area contributed by atoms with Crippen molar-refractivity contribution in [2.45, 2.75) is 34.2 Å². The zero-order valence-electron chi connectivity index (χ0n) is 12.3. The van der Waals surface area contributed by atoms with Gasteiger partial charge in [0.05, 0.1) is 11.6 Å². The second-order valence-corrected chi connectivity index (χ2v) is 6.31. The van der Waals surface area contributed by atoms with Gasteiger partial charge in [0.15, 0.2) is 0 Å². The summed E-state index contributed by atoms with van der Waals surface area (Å²) in [5.41, 5.74) is 1.72. The van der Waals surface area contributed by atoms with Gasteiger partial charge in [0.1, 0.15) is 0 Å². The molecule has 0 aromatic heterocycles. The molecule has 1 aromatic rings. The summed E-state index contributed by atoms with van der Waals surface area (Å²) in [7, 11) is 0. The monoisotopic (exact) mass is 278 g/mol. The molecule has 0 heterocycles. The van der Waals surface area contributed by atoms with Gasteiger partial charge in [-0.15, -0.1) is 0 Å². The first kappa shape index (κ1) is 16.0. The quantitative estimate of drug-likeness (QED) is 0.775. The number of benzene rings is 1. The molecule has 0 unspecified atom stereocenters. The first-order chi connectivity index (χ1) is 8.92. The van der Waals surface area contributed by atoms with E-state index in [0.717, 1.165) is 25.2 Å². The molecule has 0 atom stereocenters. The van der Waals surface area contributed by atoms with E-state index in [1.165, 1.54) is 0 Å². The average Bonchev–Trinajstić information content (AvgIpc) is 2.30. The Kier molecular flexibility index (Phi) is 6.34. The van der Waals surface area contributed by atoms with Gasteiger partial charge in [-0.05, 0) is 29.5 Å². The molecule has 1 rings (SSSR count). The molecular formula is C16H23ClN2. The van der Waals surface area contributed by atoms with Gasteiger partial charge in [-0.25, -0.2) is 0 Å². The lowest BCUT2D eigenvalue weighted by Gasteiger charge is -2.26. The Labute approximate surface area is 122 Å². The maximum absolute atomic E-state index is 8.85. The van der Waals surface area contributed by atoms with Crippen molar-refractivity contribution in [3.63, 3.8) is 0 Å². The number of halogens is 1. The Bertz CT molecular complexity index is 437. The van der Waals surface area contributed by atoms with Crippen LogP contribution in [0.5, 0.6) is 0 Å². The lowest BCUT2D eigenvalue weighted by Crippen LogP contribution is -2.31. The molecule has 0 amide bonds. The number of rotatable bonds is 6. The fourth-order valence-corrected chi connectivity index (χ4v) is 2.46. The number of nitrogens with zero attached hydrogens (tertiary/aromatic N) is 2. The molecule has 0 N–H and O–H groups in total. The van der Waals surface area contributed by atoms with Crippen LogP contribution in [0.3, 0.4) is 0 Å². The maximum atomic E-state index is 8.85. The van der Waals surface area contributed by atoms with E-state index in [0.29, 0.717) is 22.4 Å². The van der Waals surface area contributed by atoms with Crippen LogP contribution in [0, 0.1) is 23.2 Å². The molecule has 0 saturated heterocycles. The van der Waals surface area contributed by atoms with Crippen LogP contribution in [0.1, 0.15) is 38.8 Å². The summed E-state index contributed by atoms with van der Waals surface area (Å²) < 4.78 is 0. The molecule has 0 saturated carbocycles. The van der Waals surface area contributed by atoms with Crippen LogP contribution in [0.25, 0.3) is 0 Å². The minimum absolute atomic E-state index is 0.619. The summed E-state index contributed by atoms with van der Waals surface area (Å²) in [6, 6.07) is 7.67. The van der Waals surface area contributed by atoms with Crippen LogP contribution >= 0.6 is 11.6 Å². The minimum Gasteiger partial charge on any atom is -0.299 e. The zero-order chi connectivity index (χ0) is 14.4. The van der Waals surface area contributed by atoms with E-state index < -0.39 is 0 Å². The second-order valence-electron chi connectivity index (χ2n) is 5.90. The molecule has 0 aliphatic heterocycles. The molecule has 0 radical (unpaired) electrons. The standard InChI is InChI=1S/C16H23ClN2/c1-12(2)9-19(10-13(3)4)11-15-6-5-14(8-18)7-16(15)17/h5-7,12-13H,9-11H2,1-4H3. The lowest BCUT2D eigenvalue weighted by atomic mass is 10.1. The van der Waals surface area contributed by atoms with Crippen molar-refractivity contribution < 1.29 is 0 Å². The Balaban J connectivity index is 2.81. The van der Waals surface area contributed by atoms with Crippen LogP contribution in [-0.4, -0.2) is 18.0 Å². The molecule has 3 heteroatoms. The SMILES string of the molecule is CC(C)CN(Cc1ccc(C#N)cc1Cl)CC(C)C. The van der Waals surface area contributed by atoms with E-state index in [2.05, 4.69) is 38.7 Å². The lowest BCUT2D eigenvalue weighted by molar-refractivity contribution is 0.211. The highest BCUT2D eigenvalue weighted by Gasteiger charge is 2.12. The van der Waals surface area contributed by atoms with E-state index >= 15 is 0 Å². The highest BCUT2D eigenvalue weighted by Crippen LogP contribution is 2.20. The average molecular weight is 279 g/mol. The smallest absolute Gasteiger partial charge is 0.0992 e. The minimum atomic E-state index is 0.619. The summed E-state index contributed by atoms with van der Waals surface area (Å²) in [4.78, 5) is 2.43. The zero-order valence-corrected chi connectivity index (χ0v) is 13.0. The first-order valence-corrected chi connectivity index (χ1v) is 7.21. The van der Waals surface area contributed by atoms with Crippen molar-refractivity contribution in [1.82, 2.24) is 4.90 Å². The highest BCUT2D eigenvalue weighted by atomic mass is 35.5. The molecule has 1 aromatic carbocycles. The van der Waals surface area contributed by atoms with Crippen molar-refractivity contribution in [3.05, 3.63) is 34.3 Å². The van der Waals surface area contributed by atoms with Gasteiger partial charge >= 0.3 is 0 Å². The molecule has 0 aliphatic rings. The van der Waals surface area contributed by atoms with Crippen LogP contribution in [0.15, 0.2) is 18.2 Å². The van der Waals surface area contributed by atoms with Crippen molar-refractivity contribution >= 4 is 11.6 Å². The third-order valence-corrected chi connectivity index (χ3v) is 3.17. The molecule has 19 heavy (non-hydrogen) atoms. The van der Waals surface area contributed by atoms with Gasteiger partial charge in [0.25, 0.3) is 0 Å². The fourth-order valence-electron chi connectivity index (χ4n) is 2.22. The molecule has 104 valence electrons. The highest BCUT2D eigenvalue weighted by molar-refractivity contribution is 6.31. The van der Waals surface area contributed by atoms with Crippen molar-refractivity contribution in [2.75, 3.05) is 13.1 Å². The normalized spacial score (nSPS) is 11.3. The molecular weight excluding hydrogens is 256 g/mol. The molecule has 0 bridgehead atoms. The molecule has 0 aliphatic carbocycles. The topological polar surface area (TPSA) is 27.0 Å². The van der Waals surface area contributed by atoms with Crippen molar-refractivity contribution in [2.24, 2.45) is 11.8 Å². The van der Waals surface area contributed by atoms with Gasteiger partial charge in [0, 0.05) is 24.7 Å². The third-order valence-electron chi connectivity index (χ3n) is 2.82. The largest absolute Gasteiger partial charge is 0.299 e. The van der Waals surface area contributed by atoms with Crippen LogP contribution < -0.4 is 0 Å².